The molecule has 0 aliphatic carbocycles. The van der Waals surface area contributed by atoms with Crippen molar-refractivity contribution in [1.82, 2.24) is 4.72 Å². The van der Waals surface area contributed by atoms with E-state index >= 15 is 0 Å². The molecule has 0 heterocycles. The van der Waals surface area contributed by atoms with Crippen molar-refractivity contribution in [3.8, 4) is 0 Å². The maximum absolute atomic E-state index is 12.1. The summed E-state index contributed by atoms with van der Waals surface area (Å²) < 4.78 is 26.7. The molecule has 0 bridgehead atoms. The monoisotopic (exact) mass is 332 g/mol. The standard InChI is InChI=1S/C14H24N2O3S2/c1-13(2,14(3,4)17)16-21(18,19)10-9-20-12-7-5-11(15)6-8-12/h5-8,16-17H,9-10,15H2,1-4H3. The average Bonchev–Trinajstić information content (AvgIpc) is 2.28. The van der Waals surface area contributed by atoms with Crippen molar-refractivity contribution in [3.05, 3.63) is 24.3 Å². The van der Waals surface area contributed by atoms with Crippen LogP contribution in [0.25, 0.3) is 0 Å². The number of aliphatic hydroxyl groups is 1. The molecule has 0 spiro atoms. The molecule has 1 rings (SSSR count). The van der Waals surface area contributed by atoms with Crippen LogP contribution in [0.2, 0.25) is 0 Å². The van der Waals surface area contributed by atoms with Gasteiger partial charge in [0.25, 0.3) is 0 Å². The Morgan fingerprint density at radius 2 is 1.71 bits per heavy atom. The second-order valence-electron chi connectivity index (χ2n) is 6.02. The number of anilines is 1. The predicted octanol–water partition coefficient (Wildman–Crippen LogP) is 1.83. The maximum Gasteiger partial charge on any atom is 0.213 e. The number of sulfonamides is 1. The lowest BCUT2D eigenvalue weighted by atomic mass is 9.87. The van der Waals surface area contributed by atoms with Gasteiger partial charge in [-0.2, -0.15) is 0 Å². The second kappa shape index (κ2) is 6.56. The molecule has 1 aromatic carbocycles. The Labute approximate surface area is 131 Å². The largest absolute Gasteiger partial charge is 0.399 e. The van der Waals surface area contributed by atoms with E-state index in [0.717, 1.165) is 4.90 Å². The zero-order valence-electron chi connectivity index (χ0n) is 12.9. The minimum absolute atomic E-state index is 0.0123. The van der Waals surface area contributed by atoms with Crippen LogP contribution < -0.4 is 10.5 Å². The van der Waals surface area contributed by atoms with Crippen molar-refractivity contribution in [3.63, 3.8) is 0 Å². The van der Waals surface area contributed by atoms with Crippen LogP contribution >= 0.6 is 11.8 Å². The number of benzene rings is 1. The molecule has 7 heteroatoms. The van der Waals surface area contributed by atoms with E-state index in [0.29, 0.717) is 11.4 Å². The third-order valence-electron chi connectivity index (χ3n) is 3.44. The average molecular weight is 332 g/mol. The van der Waals surface area contributed by atoms with Gasteiger partial charge in [0.05, 0.1) is 16.9 Å². The normalized spacial score (nSPS) is 13.4. The van der Waals surface area contributed by atoms with Gasteiger partial charge in [0.15, 0.2) is 0 Å². The Balaban J connectivity index is 2.56. The van der Waals surface area contributed by atoms with Gasteiger partial charge < -0.3 is 10.8 Å². The van der Waals surface area contributed by atoms with Gasteiger partial charge in [0.1, 0.15) is 0 Å². The summed E-state index contributed by atoms with van der Waals surface area (Å²) in [5.41, 5.74) is 4.20. The molecule has 5 nitrogen and oxygen atoms in total. The van der Waals surface area contributed by atoms with Crippen LogP contribution in [0.3, 0.4) is 0 Å². The molecule has 0 aromatic heterocycles. The Hall–Kier alpha value is -0.760. The number of thioether (sulfide) groups is 1. The van der Waals surface area contributed by atoms with E-state index in [1.54, 1.807) is 39.8 Å². The van der Waals surface area contributed by atoms with Crippen LogP contribution in [0.15, 0.2) is 29.2 Å². The van der Waals surface area contributed by atoms with Gasteiger partial charge in [0, 0.05) is 16.3 Å². The second-order valence-corrected chi connectivity index (χ2v) is 9.03. The number of nitrogen functional groups attached to an aromatic ring is 1. The first-order valence-electron chi connectivity index (χ1n) is 6.65. The van der Waals surface area contributed by atoms with Gasteiger partial charge in [-0.25, -0.2) is 13.1 Å². The summed E-state index contributed by atoms with van der Waals surface area (Å²) in [4.78, 5) is 0.973. The lowest BCUT2D eigenvalue weighted by Gasteiger charge is -2.37. The van der Waals surface area contributed by atoms with Crippen LogP contribution in [-0.2, 0) is 10.0 Å². The Bertz CT molecular complexity index is 561. The van der Waals surface area contributed by atoms with E-state index in [-0.39, 0.29) is 5.75 Å². The van der Waals surface area contributed by atoms with E-state index < -0.39 is 21.2 Å². The highest BCUT2D eigenvalue weighted by atomic mass is 32.2. The molecular formula is C14H24N2O3S2. The number of nitrogens with one attached hydrogen (secondary N) is 1. The summed E-state index contributed by atoms with van der Waals surface area (Å²) in [6.45, 7) is 6.49. The molecule has 120 valence electrons. The molecule has 4 N–H and O–H groups in total. The van der Waals surface area contributed by atoms with E-state index in [2.05, 4.69) is 4.72 Å². The zero-order valence-corrected chi connectivity index (χ0v) is 14.5. The molecule has 1 aromatic rings. The Morgan fingerprint density at radius 1 is 1.19 bits per heavy atom. The SMILES string of the molecule is CC(C)(O)C(C)(C)NS(=O)(=O)CCSc1ccc(N)cc1. The van der Waals surface area contributed by atoms with E-state index in [4.69, 9.17) is 5.73 Å². The van der Waals surface area contributed by atoms with Crippen LogP contribution in [-0.4, -0.2) is 36.2 Å². The highest BCUT2D eigenvalue weighted by molar-refractivity contribution is 8.00. The number of nitrogens with two attached hydrogens (primary N) is 1. The first-order chi connectivity index (χ1) is 9.43. The van der Waals surface area contributed by atoms with Crippen LogP contribution in [0.1, 0.15) is 27.7 Å². The van der Waals surface area contributed by atoms with Crippen LogP contribution in [0, 0.1) is 0 Å². The lowest BCUT2D eigenvalue weighted by Crippen LogP contribution is -2.58. The van der Waals surface area contributed by atoms with Crippen molar-refractivity contribution < 1.29 is 13.5 Å². The highest BCUT2D eigenvalue weighted by Gasteiger charge is 2.38. The summed E-state index contributed by atoms with van der Waals surface area (Å²) in [5, 5.41) is 9.99. The third kappa shape index (κ3) is 5.86. The fourth-order valence-electron chi connectivity index (χ4n) is 1.40. The predicted molar refractivity (Wildman–Crippen MR) is 88.9 cm³/mol. The number of rotatable bonds is 7. The number of hydrogen-bond donors (Lipinski definition) is 3. The third-order valence-corrected chi connectivity index (χ3v) is 6.28. The van der Waals surface area contributed by atoms with Gasteiger partial charge >= 0.3 is 0 Å². The van der Waals surface area contributed by atoms with Gasteiger partial charge in [-0.15, -0.1) is 11.8 Å². The lowest BCUT2D eigenvalue weighted by molar-refractivity contribution is 0.00641. The van der Waals surface area contributed by atoms with E-state index in [9.17, 15) is 13.5 Å². The van der Waals surface area contributed by atoms with Crippen molar-refractivity contribution in [2.75, 3.05) is 17.2 Å². The highest BCUT2D eigenvalue weighted by Crippen LogP contribution is 2.23. The molecule has 0 saturated carbocycles. The van der Waals surface area contributed by atoms with Crippen molar-refractivity contribution in [2.24, 2.45) is 0 Å². The fourth-order valence-corrected chi connectivity index (χ4v) is 4.30. The van der Waals surface area contributed by atoms with Gasteiger partial charge in [-0.1, -0.05) is 0 Å². The van der Waals surface area contributed by atoms with Crippen molar-refractivity contribution in [2.45, 2.75) is 43.7 Å². The molecule has 0 fully saturated rings. The van der Waals surface area contributed by atoms with E-state index in [1.165, 1.54) is 11.8 Å². The smallest absolute Gasteiger partial charge is 0.213 e. The summed E-state index contributed by atoms with van der Waals surface area (Å²) in [5.74, 6) is 0.419. The summed E-state index contributed by atoms with van der Waals surface area (Å²) >= 11 is 1.45. The molecule has 0 saturated heterocycles. The minimum Gasteiger partial charge on any atom is -0.399 e. The molecule has 0 aliphatic rings. The molecule has 21 heavy (non-hydrogen) atoms. The summed E-state index contributed by atoms with van der Waals surface area (Å²) in [6.07, 6.45) is 0. The first kappa shape index (κ1) is 18.3. The molecule has 0 radical (unpaired) electrons. The van der Waals surface area contributed by atoms with Crippen LogP contribution in [0.4, 0.5) is 5.69 Å². The molecule has 0 amide bonds. The quantitative estimate of drug-likeness (QED) is 0.523. The van der Waals surface area contributed by atoms with Crippen LogP contribution in [0.5, 0.6) is 0 Å². The minimum atomic E-state index is -3.46. The molecule has 0 unspecified atom stereocenters. The zero-order chi connectivity index (χ0) is 16.3. The Kier molecular flexibility index (Phi) is 5.71. The molecule has 0 aliphatic heterocycles. The topological polar surface area (TPSA) is 92.4 Å². The fraction of sp³-hybridized carbons (Fsp3) is 0.571. The number of hydrogen-bond acceptors (Lipinski definition) is 5. The Morgan fingerprint density at radius 3 is 2.19 bits per heavy atom. The van der Waals surface area contributed by atoms with Crippen molar-refractivity contribution >= 4 is 27.5 Å². The van der Waals surface area contributed by atoms with Gasteiger partial charge in [-0.05, 0) is 52.0 Å². The maximum atomic E-state index is 12.1. The van der Waals surface area contributed by atoms with E-state index in [1.807, 2.05) is 12.1 Å². The van der Waals surface area contributed by atoms with Gasteiger partial charge in [-0.3, -0.25) is 0 Å². The summed E-state index contributed by atoms with van der Waals surface area (Å²) in [7, 11) is -3.46. The first-order valence-corrected chi connectivity index (χ1v) is 9.29. The van der Waals surface area contributed by atoms with Crippen molar-refractivity contribution in [1.29, 1.82) is 0 Å². The summed E-state index contributed by atoms with van der Waals surface area (Å²) in [6, 6.07) is 7.29. The molecular weight excluding hydrogens is 308 g/mol. The van der Waals surface area contributed by atoms with Gasteiger partial charge in [0.2, 0.25) is 10.0 Å². The molecule has 0 atom stereocenters.